The van der Waals surface area contributed by atoms with Gasteiger partial charge in [0.25, 0.3) is 5.91 Å². The molecule has 1 aliphatic rings. The maximum absolute atomic E-state index is 12.4. The Labute approximate surface area is 117 Å². The van der Waals surface area contributed by atoms with Gasteiger partial charge >= 0.3 is 0 Å². The average Bonchev–Trinajstić information content (AvgIpc) is 2.79. The van der Waals surface area contributed by atoms with Gasteiger partial charge in [0.05, 0.1) is 11.6 Å². The zero-order chi connectivity index (χ0) is 14.1. The Hall–Kier alpha value is -1.88. The van der Waals surface area contributed by atoms with E-state index in [0.29, 0.717) is 5.69 Å². The quantitative estimate of drug-likeness (QED) is 0.873. The number of hydrogen-bond donors (Lipinski definition) is 2. The van der Waals surface area contributed by atoms with E-state index in [9.17, 15) is 9.90 Å². The highest BCUT2D eigenvalue weighted by Crippen LogP contribution is 2.21. The number of aromatic nitrogens is 2. The maximum atomic E-state index is 12.4. The lowest BCUT2D eigenvalue weighted by atomic mass is 9.93. The average molecular weight is 273 g/mol. The summed E-state index contributed by atoms with van der Waals surface area (Å²) < 4.78 is 1.73. The van der Waals surface area contributed by atoms with Crippen molar-refractivity contribution in [1.82, 2.24) is 15.1 Å². The zero-order valence-corrected chi connectivity index (χ0v) is 11.5. The van der Waals surface area contributed by atoms with E-state index in [1.165, 1.54) is 0 Å². The van der Waals surface area contributed by atoms with E-state index in [1.807, 2.05) is 31.3 Å². The molecule has 0 aliphatic heterocycles. The van der Waals surface area contributed by atoms with Crippen molar-refractivity contribution in [3.63, 3.8) is 0 Å². The number of carbonyl (C=O) groups excluding carboxylic acids is 1. The molecule has 0 atom stereocenters. The molecule has 1 amide bonds. The van der Waals surface area contributed by atoms with Gasteiger partial charge in [-0.05, 0) is 31.7 Å². The van der Waals surface area contributed by atoms with Crippen molar-refractivity contribution < 1.29 is 9.90 Å². The molecule has 1 aromatic carbocycles. The van der Waals surface area contributed by atoms with E-state index >= 15 is 0 Å². The van der Waals surface area contributed by atoms with Crippen LogP contribution in [0.1, 0.15) is 36.2 Å². The molecule has 0 bridgehead atoms. The van der Waals surface area contributed by atoms with Crippen LogP contribution in [-0.2, 0) is 7.05 Å². The van der Waals surface area contributed by atoms with Gasteiger partial charge in [-0.15, -0.1) is 0 Å². The Bertz CT molecular complexity index is 627. The van der Waals surface area contributed by atoms with Crippen LogP contribution in [0.2, 0.25) is 0 Å². The van der Waals surface area contributed by atoms with Crippen LogP contribution in [0, 0.1) is 0 Å². The molecule has 1 heterocycles. The maximum Gasteiger partial charge on any atom is 0.272 e. The summed E-state index contributed by atoms with van der Waals surface area (Å²) in [5, 5.41) is 17.7. The van der Waals surface area contributed by atoms with Crippen molar-refractivity contribution in [2.75, 3.05) is 0 Å². The molecule has 20 heavy (non-hydrogen) atoms. The molecule has 0 saturated heterocycles. The number of amides is 1. The van der Waals surface area contributed by atoms with Gasteiger partial charge in [-0.25, -0.2) is 0 Å². The number of para-hydroxylation sites is 1. The van der Waals surface area contributed by atoms with Crippen molar-refractivity contribution >= 4 is 16.8 Å². The number of benzene rings is 1. The number of fused-ring (bicyclic) bond motifs is 1. The lowest BCUT2D eigenvalue weighted by Crippen LogP contribution is -2.38. The van der Waals surface area contributed by atoms with E-state index in [2.05, 4.69) is 10.4 Å². The van der Waals surface area contributed by atoms with Gasteiger partial charge in [0.1, 0.15) is 0 Å². The molecule has 2 aromatic rings. The van der Waals surface area contributed by atoms with Gasteiger partial charge in [0.15, 0.2) is 5.69 Å². The van der Waals surface area contributed by atoms with Gasteiger partial charge in [-0.3, -0.25) is 9.48 Å². The summed E-state index contributed by atoms with van der Waals surface area (Å²) in [5.41, 5.74) is 1.44. The Kier molecular flexibility index (Phi) is 3.44. The Morgan fingerprint density at radius 3 is 2.75 bits per heavy atom. The highest BCUT2D eigenvalue weighted by atomic mass is 16.3. The van der Waals surface area contributed by atoms with Gasteiger partial charge in [-0.1, -0.05) is 18.2 Å². The second kappa shape index (κ2) is 5.25. The highest BCUT2D eigenvalue weighted by molar-refractivity contribution is 6.04. The van der Waals surface area contributed by atoms with Crippen LogP contribution in [0.15, 0.2) is 24.3 Å². The summed E-state index contributed by atoms with van der Waals surface area (Å²) in [7, 11) is 1.84. The fourth-order valence-corrected chi connectivity index (χ4v) is 2.86. The van der Waals surface area contributed by atoms with Crippen molar-refractivity contribution in [3.8, 4) is 0 Å². The summed E-state index contributed by atoms with van der Waals surface area (Å²) in [6.07, 6.45) is 2.97. The normalized spacial score (nSPS) is 22.9. The lowest BCUT2D eigenvalue weighted by Gasteiger charge is -2.25. The first-order chi connectivity index (χ1) is 9.65. The SMILES string of the molecule is Cn1nc(C(=O)NC2CCC(O)CC2)c2ccccc21. The molecule has 1 aromatic heterocycles. The Morgan fingerprint density at radius 2 is 2.00 bits per heavy atom. The molecule has 1 saturated carbocycles. The minimum absolute atomic E-state index is 0.122. The number of aliphatic hydroxyl groups excluding tert-OH is 1. The number of aryl methyl sites for hydroxylation is 1. The monoisotopic (exact) mass is 273 g/mol. The van der Waals surface area contributed by atoms with Gasteiger partial charge in [0.2, 0.25) is 0 Å². The molecule has 1 fully saturated rings. The van der Waals surface area contributed by atoms with E-state index < -0.39 is 0 Å². The second-order valence-electron chi connectivity index (χ2n) is 5.47. The number of hydrogen-bond acceptors (Lipinski definition) is 3. The minimum Gasteiger partial charge on any atom is -0.393 e. The van der Waals surface area contributed by atoms with E-state index in [0.717, 1.165) is 36.6 Å². The standard InChI is InChI=1S/C15H19N3O2/c1-18-13-5-3-2-4-12(13)14(17-18)15(20)16-10-6-8-11(19)9-7-10/h2-5,10-11,19H,6-9H2,1H3,(H,16,20). The minimum atomic E-state index is -0.209. The Morgan fingerprint density at radius 1 is 1.30 bits per heavy atom. The molecular formula is C15H19N3O2. The lowest BCUT2D eigenvalue weighted by molar-refractivity contribution is 0.0864. The summed E-state index contributed by atoms with van der Waals surface area (Å²) in [5.74, 6) is -0.122. The number of carbonyl (C=O) groups is 1. The third-order valence-electron chi connectivity index (χ3n) is 4.00. The summed E-state index contributed by atoms with van der Waals surface area (Å²) in [6, 6.07) is 7.87. The fourth-order valence-electron chi connectivity index (χ4n) is 2.86. The highest BCUT2D eigenvalue weighted by Gasteiger charge is 2.23. The number of rotatable bonds is 2. The molecule has 0 unspecified atom stereocenters. The largest absolute Gasteiger partial charge is 0.393 e. The first kappa shape index (κ1) is 13.1. The number of nitrogens with one attached hydrogen (secondary N) is 1. The molecule has 3 rings (SSSR count). The molecule has 106 valence electrons. The molecule has 0 radical (unpaired) electrons. The van der Waals surface area contributed by atoms with Crippen molar-refractivity contribution in [3.05, 3.63) is 30.0 Å². The third-order valence-corrected chi connectivity index (χ3v) is 4.00. The topological polar surface area (TPSA) is 67.2 Å². The van der Waals surface area contributed by atoms with Crippen LogP contribution in [-0.4, -0.2) is 32.9 Å². The predicted molar refractivity (Wildman–Crippen MR) is 76.4 cm³/mol. The summed E-state index contributed by atoms with van der Waals surface area (Å²) in [4.78, 5) is 12.4. The Balaban J connectivity index is 1.79. The van der Waals surface area contributed by atoms with E-state index in [4.69, 9.17) is 0 Å². The molecule has 0 spiro atoms. The predicted octanol–water partition coefficient (Wildman–Crippen LogP) is 1.61. The molecular weight excluding hydrogens is 254 g/mol. The van der Waals surface area contributed by atoms with E-state index in [1.54, 1.807) is 4.68 Å². The number of nitrogens with zero attached hydrogens (tertiary/aromatic N) is 2. The van der Waals surface area contributed by atoms with Crippen molar-refractivity contribution in [2.24, 2.45) is 7.05 Å². The van der Waals surface area contributed by atoms with Gasteiger partial charge in [-0.2, -0.15) is 5.10 Å². The van der Waals surface area contributed by atoms with E-state index in [-0.39, 0.29) is 18.1 Å². The van der Waals surface area contributed by atoms with Crippen molar-refractivity contribution in [1.29, 1.82) is 0 Å². The molecule has 2 N–H and O–H groups in total. The first-order valence-corrected chi connectivity index (χ1v) is 7.06. The van der Waals surface area contributed by atoms with Crippen LogP contribution in [0.3, 0.4) is 0 Å². The van der Waals surface area contributed by atoms with Crippen LogP contribution >= 0.6 is 0 Å². The number of aliphatic hydroxyl groups is 1. The smallest absolute Gasteiger partial charge is 0.272 e. The van der Waals surface area contributed by atoms with Crippen LogP contribution in [0.5, 0.6) is 0 Å². The van der Waals surface area contributed by atoms with Crippen LogP contribution in [0.25, 0.3) is 10.9 Å². The van der Waals surface area contributed by atoms with Crippen LogP contribution in [0.4, 0.5) is 0 Å². The van der Waals surface area contributed by atoms with Gasteiger partial charge < -0.3 is 10.4 Å². The third kappa shape index (κ3) is 2.41. The fraction of sp³-hybridized carbons (Fsp3) is 0.467. The van der Waals surface area contributed by atoms with Crippen molar-refractivity contribution in [2.45, 2.75) is 37.8 Å². The molecule has 5 nitrogen and oxygen atoms in total. The van der Waals surface area contributed by atoms with Crippen LogP contribution < -0.4 is 5.32 Å². The summed E-state index contributed by atoms with van der Waals surface area (Å²) in [6.45, 7) is 0. The molecule has 1 aliphatic carbocycles. The molecule has 5 heteroatoms. The first-order valence-electron chi connectivity index (χ1n) is 7.06. The zero-order valence-electron chi connectivity index (χ0n) is 11.5. The summed E-state index contributed by atoms with van der Waals surface area (Å²) >= 11 is 0. The second-order valence-corrected chi connectivity index (χ2v) is 5.47. The van der Waals surface area contributed by atoms with Gasteiger partial charge in [0, 0.05) is 18.5 Å².